The van der Waals surface area contributed by atoms with Gasteiger partial charge in [0.25, 0.3) is 5.91 Å². The topological polar surface area (TPSA) is 76.6 Å². The molecule has 30 heavy (non-hydrogen) atoms. The molecule has 0 spiro atoms. The van der Waals surface area contributed by atoms with Crippen LogP contribution in [0.4, 0.5) is 11.6 Å². The van der Waals surface area contributed by atoms with Crippen LogP contribution in [0.1, 0.15) is 29.6 Å². The molecule has 1 amide bonds. The van der Waals surface area contributed by atoms with Crippen molar-refractivity contribution < 1.29 is 14.3 Å². The van der Waals surface area contributed by atoms with Crippen molar-refractivity contribution in [2.24, 2.45) is 0 Å². The van der Waals surface area contributed by atoms with E-state index in [2.05, 4.69) is 20.2 Å². The van der Waals surface area contributed by atoms with Crippen LogP contribution in [0.3, 0.4) is 0 Å². The zero-order chi connectivity index (χ0) is 20.3. The summed E-state index contributed by atoms with van der Waals surface area (Å²) in [5.74, 6) is 1.93. The van der Waals surface area contributed by atoms with Gasteiger partial charge in [-0.1, -0.05) is 12.1 Å². The van der Waals surface area contributed by atoms with Crippen molar-refractivity contribution >= 4 is 17.5 Å². The molecule has 0 atom stereocenters. The number of rotatable bonds is 4. The highest BCUT2D eigenvalue weighted by Gasteiger charge is 2.15. The average molecular weight is 402 g/mol. The molecule has 5 rings (SSSR count). The molecule has 3 heterocycles. The van der Waals surface area contributed by atoms with Gasteiger partial charge in [0.15, 0.2) is 11.5 Å². The molecule has 152 valence electrons. The summed E-state index contributed by atoms with van der Waals surface area (Å²) in [5, 5.41) is 2.89. The first-order valence-electron chi connectivity index (χ1n) is 10.1. The third-order valence-corrected chi connectivity index (χ3v) is 5.39. The molecule has 2 aromatic carbocycles. The SMILES string of the molecule is O=C(Nc1ccc2c(c1)OCO2)c1ccc(-c2cnc(N3CCCCC3)nc2)cc1. The Morgan fingerprint density at radius 2 is 1.60 bits per heavy atom. The van der Waals surface area contributed by atoms with E-state index in [1.54, 1.807) is 30.3 Å². The maximum Gasteiger partial charge on any atom is 0.255 e. The third kappa shape index (κ3) is 3.78. The normalized spacial score (nSPS) is 15.1. The van der Waals surface area contributed by atoms with E-state index in [4.69, 9.17) is 9.47 Å². The van der Waals surface area contributed by atoms with E-state index >= 15 is 0 Å². The van der Waals surface area contributed by atoms with E-state index in [1.807, 2.05) is 24.5 Å². The van der Waals surface area contributed by atoms with Crippen molar-refractivity contribution in [2.45, 2.75) is 19.3 Å². The molecular weight excluding hydrogens is 380 g/mol. The zero-order valence-corrected chi connectivity index (χ0v) is 16.5. The number of fused-ring (bicyclic) bond motifs is 1. The van der Waals surface area contributed by atoms with Crippen molar-refractivity contribution in [1.82, 2.24) is 9.97 Å². The number of aromatic nitrogens is 2. The zero-order valence-electron chi connectivity index (χ0n) is 16.5. The van der Waals surface area contributed by atoms with Gasteiger partial charge >= 0.3 is 0 Å². The minimum absolute atomic E-state index is 0.183. The standard InChI is InChI=1S/C23H22N4O3/c28-22(26-19-8-9-20-21(12-19)30-15-29-20)17-6-4-16(5-7-17)18-13-24-23(25-14-18)27-10-2-1-3-11-27/h4-9,12-14H,1-3,10-11,15H2,(H,26,28). The second-order valence-electron chi connectivity index (χ2n) is 7.42. The van der Waals surface area contributed by atoms with Gasteiger partial charge in [-0.25, -0.2) is 9.97 Å². The van der Waals surface area contributed by atoms with Crippen LogP contribution in [0.25, 0.3) is 11.1 Å². The van der Waals surface area contributed by atoms with Crippen molar-refractivity contribution in [3.63, 3.8) is 0 Å². The Kier molecular flexibility index (Phi) is 4.93. The van der Waals surface area contributed by atoms with Gasteiger partial charge in [-0.05, 0) is 49.1 Å². The molecule has 1 saturated heterocycles. The molecule has 0 unspecified atom stereocenters. The lowest BCUT2D eigenvalue weighted by atomic mass is 10.1. The lowest BCUT2D eigenvalue weighted by Crippen LogP contribution is -2.30. The van der Waals surface area contributed by atoms with Crippen LogP contribution in [-0.2, 0) is 0 Å². The number of benzene rings is 2. The van der Waals surface area contributed by atoms with E-state index in [9.17, 15) is 4.79 Å². The van der Waals surface area contributed by atoms with Gasteiger partial charge in [0.1, 0.15) is 0 Å². The Morgan fingerprint density at radius 1 is 0.867 bits per heavy atom. The molecule has 0 aliphatic carbocycles. The van der Waals surface area contributed by atoms with E-state index in [0.29, 0.717) is 22.7 Å². The maximum absolute atomic E-state index is 12.6. The Balaban J connectivity index is 1.26. The Bertz CT molecular complexity index is 1050. The number of hydrogen-bond acceptors (Lipinski definition) is 6. The van der Waals surface area contributed by atoms with E-state index in [0.717, 1.165) is 30.2 Å². The summed E-state index contributed by atoms with van der Waals surface area (Å²) in [6.07, 6.45) is 7.36. The molecule has 2 aliphatic heterocycles. The largest absolute Gasteiger partial charge is 0.454 e. The summed E-state index contributed by atoms with van der Waals surface area (Å²) in [6.45, 7) is 2.25. The van der Waals surface area contributed by atoms with Gasteiger partial charge < -0.3 is 19.7 Å². The molecule has 0 bridgehead atoms. The number of anilines is 2. The highest BCUT2D eigenvalue weighted by molar-refractivity contribution is 6.04. The lowest BCUT2D eigenvalue weighted by Gasteiger charge is -2.26. The highest BCUT2D eigenvalue weighted by Crippen LogP contribution is 2.34. The van der Waals surface area contributed by atoms with Gasteiger partial charge in [-0.3, -0.25) is 4.79 Å². The minimum atomic E-state index is -0.183. The van der Waals surface area contributed by atoms with Gasteiger partial charge in [-0.15, -0.1) is 0 Å². The number of carbonyl (C=O) groups excluding carboxylic acids is 1. The van der Waals surface area contributed by atoms with Gasteiger partial charge in [0, 0.05) is 48.4 Å². The first kappa shape index (κ1) is 18.4. The van der Waals surface area contributed by atoms with Crippen LogP contribution in [0.5, 0.6) is 11.5 Å². The van der Waals surface area contributed by atoms with Crippen molar-refractivity contribution in [1.29, 1.82) is 0 Å². The van der Waals surface area contributed by atoms with E-state index in [-0.39, 0.29) is 12.7 Å². The summed E-state index contributed by atoms with van der Waals surface area (Å²) < 4.78 is 10.6. The first-order chi connectivity index (χ1) is 14.8. The van der Waals surface area contributed by atoms with Crippen LogP contribution in [0.2, 0.25) is 0 Å². The molecule has 0 saturated carbocycles. The number of piperidine rings is 1. The van der Waals surface area contributed by atoms with Crippen molar-refractivity contribution in [3.8, 4) is 22.6 Å². The van der Waals surface area contributed by atoms with Crippen LogP contribution >= 0.6 is 0 Å². The van der Waals surface area contributed by atoms with Gasteiger partial charge in [-0.2, -0.15) is 0 Å². The second-order valence-corrected chi connectivity index (χ2v) is 7.42. The fraction of sp³-hybridized carbons (Fsp3) is 0.261. The number of carbonyl (C=O) groups is 1. The van der Waals surface area contributed by atoms with Crippen LogP contribution < -0.4 is 19.7 Å². The van der Waals surface area contributed by atoms with Crippen LogP contribution in [0.15, 0.2) is 54.9 Å². The number of amides is 1. The van der Waals surface area contributed by atoms with Crippen molar-refractivity contribution in [2.75, 3.05) is 30.1 Å². The Labute approximate surface area is 174 Å². The fourth-order valence-corrected chi connectivity index (χ4v) is 3.72. The molecule has 7 heteroatoms. The fourth-order valence-electron chi connectivity index (χ4n) is 3.72. The molecule has 1 N–H and O–H groups in total. The number of nitrogens with zero attached hydrogens (tertiary/aromatic N) is 3. The number of hydrogen-bond donors (Lipinski definition) is 1. The molecular formula is C23H22N4O3. The predicted octanol–water partition coefficient (Wildman–Crippen LogP) is 4.11. The maximum atomic E-state index is 12.6. The highest BCUT2D eigenvalue weighted by atomic mass is 16.7. The van der Waals surface area contributed by atoms with Gasteiger partial charge in [0.05, 0.1) is 0 Å². The summed E-state index contributed by atoms with van der Waals surface area (Å²) in [6, 6.07) is 12.8. The third-order valence-electron chi connectivity index (χ3n) is 5.39. The van der Waals surface area contributed by atoms with Gasteiger partial charge in [0.2, 0.25) is 12.7 Å². The quantitative estimate of drug-likeness (QED) is 0.708. The average Bonchev–Trinajstić information content (AvgIpc) is 3.28. The Morgan fingerprint density at radius 3 is 2.37 bits per heavy atom. The molecule has 0 radical (unpaired) electrons. The summed E-state index contributed by atoms with van der Waals surface area (Å²) >= 11 is 0. The monoisotopic (exact) mass is 402 g/mol. The Hall–Kier alpha value is -3.61. The molecule has 1 aromatic heterocycles. The summed E-state index contributed by atoms with van der Waals surface area (Å²) in [4.78, 5) is 23.9. The van der Waals surface area contributed by atoms with Crippen LogP contribution in [-0.4, -0.2) is 35.8 Å². The van der Waals surface area contributed by atoms with Crippen molar-refractivity contribution in [3.05, 3.63) is 60.4 Å². The number of ether oxygens (including phenoxy) is 2. The van der Waals surface area contributed by atoms with Crippen LogP contribution in [0, 0.1) is 0 Å². The summed E-state index contributed by atoms with van der Waals surface area (Å²) in [7, 11) is 0. The minimum Gasteiger partial charge on any atom is -0.454 e. The number of nitrogens with one attached hydrogen (secondary N) is 1. The summed E-state index contributed by atoms with van der Waals surface area (Å²) in [5.41, 5.74) is 3.13. The van der Waals surface area contributed by atoms with E-state index < -0.39 is 0 Å². The second kappa shape index (κ2) is 8.02. The molecule has 3 aromatic rings. The molecule has 2 aliphatic rings. The predicted molar refractivity (Wildman–Crippen MR) is 114 cm³/mol. The molecule has 7 nitrogen and oxygen atoms in total. The first-order valence-corrected chi connectivity index (χ1v) is 10.1. The lowest BCUT2D eigenvalue weighted by molar-refractivity contribution is 0.102. The van der Waals surface area contributed by atoms with E-state index in [1.165, 1.54) is 19.3 Å². The molecule has 1 fully saturated rings. The smallest absolute Gasteiger partial charge is 0.255 e.